The van der Waals surface area contributed by atoms with E-state index in [0.29, 0.717) is 23.7 Å². The molecule has 2 aliphatic rings. The number of hydrogen-bond donors (Lipinski definition) is 1. The van der Waals surface area contributed by atoms with Crippen LogP contribution in [0.1, 0.15) is 48.7 Å². The topological polar surface area (TPSA) is 85.7 Å². The summed E-state index contributed by atoms with van der Waals surface area (Å²) in [5, 5.41) is 4.01. The average Bonchev–Trinajstić information content (AvgIpc) is 3.50. The molecule has 1 fully saturated rings. The maximum atomic E-state index is 14.0. The Labute approximate surface area is 198 Å². The van der Waals surface area contributed by atoms with Gasteiger partial charge in [-0.1, -0.05) is 18.9 Å². The van der Waals surface area contributed by atoms with Crippen molar-refractivity contribution >= 4 is 22.7 Å². The monoisotopic (exact) mass is 462 g/mol. The summed E-state index contributed by atoms with van der Waals surface area (Å²) in [6.45, 7) is 2.45. The highest BCUT2D eigenvalue weighted by Crippen LogP contribution is 2.40. The lowest BCUT2D eigenvalue weighted by Gasteiger charge is -2.44. The number of amides is 2. The van der Waals surface area contributed by atoms with E-state index in [1.54, 1.807) is 31.5 Å². The number of nitrogens with zero attached hydrogens (tertiary/aromatic N) is 3. The number of aromatic nitrogens is 2. The Morgan fingerprint density at radius 2 is 1.91 bits per heavy atom. The molecule has 0 saturated heterocycles. The van der Waals surface area contributed by atoms with Crippen molar-refractivity contribution in [2.24, 2.45) is 0 Å². The molecule has 1 aromatic carbocycles. The highest BCUT2D eigenvalue weighted by Gasteiger charge is 2.48. The summed E-state index contributed by atoms with van der Waals surface area (Å²) in [6, 6.07) is 9.41. The Balaban J connectivity index is 1.64. The summed E-state index contributed by atoms with van der Waals surface area (Å²) in [5.74, 6) is 0.945. The molecule has 1 saturated carbocycles. The van der Waals surface area contributed by atoms with Gasteiger partial charge in [-0.15, -0.1) is 0 Å². The molecule has 2 aromatic heterocycles. The third-order valence-electron chi connectivity index (χ3n) is 7.19. The molecule has 0 unspecified atom stereocenters. The molecular formula is C26H30N4O4. The number of methoxy groups -OCH3 is 2. The summed E-state index contributed by atoms with van der Waals surface area (Å²) in [4.78, 5) is 33.6. The van der Waals surface area contributed by atoms with E-state index in [1.807, 2.05) is 41.8 Å². The lowest BCUT2D eigenvalue weighted by Crippen LogP contribution is -2.64. The average molecular weight is 463 g/mol. The van der Waals surface area contributed by atoms with Crippen molar-refractivity contribution in [1.29, 1.82) is 0 Å². The van der Waals surface area contributed by atoms with Crippen molar-refractivity contribution in [3.63, 3.8) is 0 Å². The van der Waals surface area contributed by atoms with Gasteiger partial charge in [0.1, 0.15) is 22.7 Å². The van der Waals surface area contributed by atoms with Gasteiger partial charge in [-0.2, -0.15) is 0 Å². The molecular weight excluding hydrogens is 432 g/mol. The molecule has 1 aliphatic carbocycles. The van der Waals surface area contributed by atoms with Gasteiger partial charge in [0, 0.05) is 30.4 Å². The molecule has 3 aromatic rings. The van der Waals surface area contributed by atoms with Gasteiger partial charge in [0.25, 0.3) is 5.91 Å². The fourth-order valence-corrected chi connectivity index (χ4v) is 5.29. The lowest BCUT2D eigenvalue weighted by atomic mass is 9.93. The largest absolute Gasteiger partial charge is 0.496 e. The summed E-state index contributed by atoms with van der Waals surface area (Å²) in [6.07, 6.45) is 7.61. The fraction of sp³-hybridized carbons (Fsp3) is 0.423. The first-order valence-electron chi connectivity index (χ1n) is 11.7. The van der Waals surface area contributed by atoms with Crippen molar-refractivity contribution in [3.8, 4) is 11.5 Å². The maximum Gasteiger partial charge on any atom is 0.271 e. The summed E-state index contributed by atoms with van der Waals surface area (Å²) in [5.41, 5.74) is 1.04. The summed E-state index contributed by atoms with van der Waals surface area (Å²) < 4.78 is 13.1. The Bertz CT molecular complexity index is 1230. The molecule has 1 atom stereocenters. The molecule has 178 valence electrons. The predicted octanol–water partition coefficient (Wildman–Crippen LogP) is 3.53. The van der Waals surface area contributed by atoms with Crippen molar-refractivity contribution in [2.75, 3.05) is 14.2 Å². The van der Waals surface area contributed by atoms with Gasteiger partial charge in [-0.3, -0.25) is 14.6 Å². The van der Waals surface area contributed by atoms with Gasteiger partial charge in [0.15, 0.2) is 0 Å². The minimum absolute atomic E-state index is 0.133. The molecule has 0 radical (unpaired) electrons. The van der Waals surface area contributed by atoms with E-state index < -0.39 is 5.54 Å². The number of carbonyl (C=O) groups is 2. The van der Waals surface area contributed by atoms with Crippen LogP contribution < -0.4 is 14.8 Å². The first-order chi connectivity index (χ1) is 16.5. The molecule has 8 nitrogen and oxygen atoms in total. The SMILES string of the molecule is COc1ccc(OC)c2c1cc1n2C[C@@](C)(C(=O)NC2CCCC2)N(Cc2cccnc2)C1=O. The van der Waals surface area contributed by atoms with Gasteiger partial charge in [-0.25, -0.2) is 0 Å². The molecule has 1 aliphatic heterocycles. The van der Waals surface area contributed by atoms with E-state index in [4.69, 9.17) is 9.47 Å². The second-order valence-corrected chi connectivity index (χ2v) is 9.33. The van der Waals surface area contributed by atoms with Gasteiger partial charge >= 0.3 is 0 Å². The van der Waals surface area contributed by atoms with Crippen molar-refractivity contribution in [2.45, 2.75) is 57.3 Å². The minimum Gasteiger partial charge on any atom is -0.496 e. The van der Waals surface area contributed by atoms with Gasteiger partial charge < -0.3 is 24.3 Å². The number of nitrogens with one attached hydrogen (secondary N) is 1. The van der Waals surface area contributed by atoms with E-state index >= 15 is 0 Å². The molecule has 34 heavy (non-hydrogen) atoms. The van der Waals surface area contributed by atoms with Crippen molar-refractivity contribution in [1.82, 2.24) is 19.8 Å². The Morgan fingerprint density at radius 1 is 1.18 bits per heavy atom. The van der Waals surface area contributed by atoms with Crippen LogP contribution in [-0.2, 0) is 17.9 Å². The number of fused-ring (bicyclic) bond motifs is 3. The molecule has 3 heterocycles. The smallest absolute Gasteiger partial charge is 0.271 e. The Hall–Kier alpha value is -3.55. The number of pyridine rings is 1. The normalized spacial score (nSPS) is 20.4. The number of rotatable bonds is 6. The van der Waals surface area contributed by atoms with Crippen LogP contribution in [0.25, 0.3) is 10.9 Å². The number of benzene rings is 1. The van der Waals surface area contributed by atoms with Gasteiger partial charge in [-0.05, 0) is 49.6 Å². The van der Waals surface area contributed by atoms with Gasteiger partial charge in [0.2, 0.25) is 5.91 Å². The molecule has 8 heteroatoms. The van der Waals surface area contributed by atoms with E-state index in [0.717, 1.165) is 42.1 Å². The quantitative estimate of drug-likeness (QED) is 0.606. The summed E-state index contributed by atoms with van der Waals surface area (Å²) >= 11 is 0. The second-order valence-electron chi connectivity index (χ2n) is 9.33. The van der Waals surface area contributed by atoms with E-state index in [-0.39, 0.29) is 24.4 Å². The Kier molecular flexibility index (Phi) is 5.67. The number of carbonyl (C=O) groups excluding carboxylic acids is 2. The van der Waals surface area contributed by atoms with Crippen LogP contribution in [0.4, 0.5) is 0 Å². The van der Waals surface area contributed by atoms with E-state index in [1.165, 1.54) is 0 Å². The summed E-state index contributed by atoms with van der Waals surface area (Å²) in [7, 11) is 3.21. The highest BCUT2D eigenvalue weighted by atomic mass is 16.5. The zero-order valence-corrected chi connectivity index (χ0v) is 19.8. The molecule has 0 bridgehead atoms. The second kappa shape index (κ2) is 8.66. The minimum atomic E-state index is -1.09. The molecule has 0 spiro atoms. The number of ether oxygens (including phenoxy) is 2. The standard InChI is InChI=1S/C26H30N4O4/c1-26(25(32)28-18-8-4-5-9-18)16-29-20(24(31)30(26)15-17-7-6-12-27-14-17)13-19-21(33-2)10-11-22(34-3)23(19)29/h6-7,10-14,18H,4-5,8-9,15-16H2,1-3H3,(H,28,32)/t26-/m0/s1. The van der Waals surface area contributed by atoms with E-state index in [9.17, 15) is 9.59 Å². The number of hydrogen-bond acceptors (Lipinski definition) is 5. The van der Waals surface area contributed by atoms with Crippen LogP contribution in [-0.4, -0.2) is 52.1 Å². The van der Waals surface area contributed by atoms with Crippen LogP contribution in [0, 0.1) is 0 Å². The van der Waals surface area contributed by atoms with Crippen LogP contribution in [0.5, 0.6) is 11.5 Å². The molecule has 1 N–H and O–H groups in total. The lowest BCUT2D eigenvalue weighted by molar-refractivity contribution is -0.133. The molecule has 2 amide bonds. The van der Waals surface area contributed by atoms with Gasteiger partial charge in [0.05, 0.1) is 26.3 Å². The van der Waals surface area contributed by atoms with E-state index in [2.05, 4.69) is 10.3 Å². The van der Waals surface area contributed by atoms with Crippen LogP contribution >= 0.6 is 0 Å². The van der Waals surface area contributed by atoms with Crippen LogP contribution in [0.3, 0.4) is 0 Å². The first kappa shape index (κ1) is 22.3. The third-order valence-corrected chi connectivity index (χ3v) is 7.19. The fourth-order valence-electron chi connectivity index (χ4n) is 5.29. The highest BCUT2D eigenvalue weighted by molar-refractivity contribution is 6.05. The zero-order valence-electron chi connectivity index (χ0n) is 19.8. The Morgan fingerprint density at radius 3 is 2.59 bits per heavy atom. The first-order valence-corrected chi connectivity index (χ1v) is 11.7. The maximum absolute atomic E-state index is 14.0. The third kappa shape index (κ3) is 3.57. The van der Waals surface area contributed by atoms with Crippen molar-refractivity contribution in [3.05, 3.63) is 54.0 Å². The van der Waals surface area contributed by atoms with Crippen molar-refractivity contribution < 1.29 is 19.1 Å². The zero-order chi connectivity index (χ0) is 23.9. The van der Waals surface area contributed by atoms with Crippen LogP contribution in [0.15, 0.2) is 42.7 Å². The molecule has 5 rings (SSSR count). The predicted molar refractivity (Wildman–Crippen MR) is 128 cm³/mol. The van der Waals surface area contributed by atoms with Crippen LogP contribution in [0.2, 0.25) is 0 Å².